The molecule has 5 heteroatoms. The highest BCUT2D eigenvalue weighted by molar-refractivity contribution is 14.1. The summed E-state index contributed by atoms with van der Waals surface area (Å²) in [4.78, 5) is 4.06. The Balaban J connectivity index is 2.03. The van der Waals surface area contributed by atoms with Gasteiger partial charge >= 0.3 is 0 Å². The Hall–Kier alpha value is -1.14. The smallest absolute Gasteiger partial charge is 0.147 e. The Labute approximate surface area is 118 Å². The Kier molecular flexibility index (Phi) is 4.33. The first-order valence-electron chi connectivity index (χ1n) is 4.91. The number of halogens is 2. The fourth-order valence-corrected chi connectivity index (χ4v) is 1.96. The van der Waals surface area contributed by atoms with Crippen LogP contribution in [0.15, 0.2) is 47.6 Å². The summed E-state index contributed by atoms with van der Waals surface area (Å²) >= 11 is 8.02. The zero-order valence-electron chi connectivity index (χ0n) is 8.77. The SMILES string of the molecule is Clc1cccc(N/N=C/c2cccc(I)c2)n1. The molecule has 0 saturated carbocycles. The minimum Gasteiger partial charge on any atom is -0.261 e. The number of hydrazone groups is 1. The quantitative estimate of drug-likeness (QED) is 0.393. The molecule has 17 heavy (non-hydrogen) atoms. The zero-order chi connectivity index (χ0) is 12.1. The van der Waals surface area contributed by atoms with Crippen LogP contribution in [0.25, 0.3) is 0 Å². The summed E-state index contributed by atoms with van der Waals surface area (Å²) in [5.74, 6) is 0.624. The molecule has 0 fully saturated rings. The molecule has 0 aliphatic heterocycles. The minimum atomic E-state index is 0.444. The molecule has 0 amide bonds. The number of pyridine rings is 1. The zero-order valence-corrected chi connectivity index (χ0v) is 11.7. The summed E-state index contributed by atoms with van der Waals surface area (Å²) in [6, 6.07) is 13.4. The van der Waals surface area contributed by atoms with Gasteiger partial charge in [-0.1, -0.05) is 29.8 Å². The predicted molar refractivity (Wildman–Crippen MR) is 79.6 cm³/mol. The molecule has 0 aliphatic rings. The summed E-state index contributed by atoms with van der Waals surface area (Å²) in [5, 5.41) is 4.54. The first-order valence-corrected chi connectivity index (χ1v) is 6.37. The molecular weight excluding hydrogens is 349 g/mol. The number of nitrogens with one attached hydrogen (secondary N) is 1. The second-order valence-corrected chi connectivity index (χ2v) is 4.90. The van der Waals surface area contributed by atoms with Crippen molar-refractivity contribution in [3.8, 4) is 0 Å². The lowest BCUT2D eigenvalue weighted by Gasteiger charge is -1.99. The molecule has 3 nitrogen and oxygen atoms in total. The van der Waals surface area contributed by atoms with E-state index in [1.807, 2.05) is 30.3 Å². The molecule has 0 aliphatic carbocycles. The largest absolute Gasteiger partial charge is 0.261 e. The minimum absolute atomic E-state index is 0.444. The number of nitrogens with zero attached hydrogens (tertiary/aromatic N) is 2. The second kappa shape index (κ2) is 5.97. The third-order valence-electron chi connectivity index (χ3n) is 1.96. The van der Waals surface area contributed by atoms with Crippen molar-refractivity contribution in [2.45, 2.75) is 0 Å². The van der Waals surface area contributed by atoms with Crippen molar-refractivity contribution in [3.63, 3.8) is 0 Å². The standard InChI is InChI=1S/C12H9ClIN3/c13-11-5-2-6-12(16-11)17-15-8-9-3-1-4-10(14)7-9/h1-8H,(H,16,17)/b15-8+. The molecule has 0 unspecified atom stereocenters. The highest BCUT2D eigenvalue weighted by Gasteiger charge is 1.92. The summed E-state index contributed by atoms with van der Waals surface area (Å²) in [5.41, 5.74) is 3.86. The van der Waals surface area contributed by atoms with Gasteiger partial charge in [-0.25, -0.2) is 4.98 Å². The normalized spacial score (nSPS) is 10.7. The van der Waals surface area contributed by atoms with E-state index in [0.717, 1.165) is 5.56 Å². The van der Waals surface area contributed by atoms with Gasteiger partial charge in [0.2, 0.25) is 0 Å². The van der Waals surface area contributed by atoms with Crippen LogP contribution in [0.2, 0.25) is 5.15 Å². The van der Waals surface area contributed by atoms with Crippen molar-refractivity contribution >= 4 is 46.2 Å². The maximum Gasteiger partial charge on any atom is 0.147 e. The third kappa shape index (κ3) is 3.98. The molecule has 86 valence electrons. The van der Waals surface area contributed by atoms with Gasteiger partial charge in [-0.3, -0.25) is 5.43 Å². The first kappa shape index (κ1) is 12.3. The molecule has 0 radical (unpaired) electrons. The molecule has 2 rings (SSSR count). The number of hydrogen-bond acceptors (Lipinski definition) is 3. The molecule has 1 aromatic carbocycles. The topological polar surface area (TPSA) is 37.3 Å². The maximum atomic E-state index is 5.76. The van der Waals surface area contributed by atoms with Gasteiger partial charge in [0.25, 0.3) is 0 Å². The number of aromatic nitrogens is 1. The average Bonchev–Trinajstić information content (AvgIpc) is 2.29. The van der Waals surface area contributed by atoms with Crippen LogP contribution in [0.4, 0.5) is 5.82 Å². The Morgan fingerprint density at radius 3 is 2.82 bits per heavy atom. The fourth-order valence-electron chi connectivity index (χ4n) is 1.23. The van der Waals surface area contributed by atoms with Crippen molar-refractivity contribution in [1.82, 2.24) is 4.98 Å². The Bertz CT molecular complexity index is 543. The van der Waals surface area contributed by atoms with Gasteiger partial charge in [-0.05, 0) is 52.4 Å². The number of anilines is 1. The predicted octanol–water partition coefficient (Wildman–Crippen LogP) is 3.79. The lowest BCUT2D eigenvalue weighted by atomic mass is 10.2. The van der Waals surface area contributed by atoms with Crippen molar-refractivity contribution in [2.24, 2.45) is 5.10 Å². The van der Waals surface area contributed by atoms with Crippen molar-refractivity contribution in [2.75, 3.05) is 5.43 Å². The molecule has 0 atom stereocenters. The van der Waals surface area contributed by atoms with Gasteiger partial charge in [0.15, 0.2) is 0 Å². The van der Waals surface area contributed by atoms with Crippen LogP contribution in [0.5, 0.6) is 0 Å². The molecule has 0 saturated heterocycles. The Morgan fingerprint density at radius 1 is 1.24 bits per heavy atom. The van der Waals surface area contributed by atoms with Crippen molar-refractivity contribution in [3.05, 3.63) is 56.8 Å². The number of rotatable bonds is 3. The Morgan fingerprint density at radius 2 is 2.06 bits per heavy atom. The summed E-state index contributed by atoms with van der Waals surface area (Å²) in [6.45, 7) is 0. The maximum absolute atomic E-state index is 5.76. The number of hydrogen-bond donors (Lipinski definition) is 1. The van der Waals surface area contributed by atoms with Crippen LogP contribution in [0.3, 0.4) is 0 Å². The van der Waals surface area contributed by atoms with Crippen molar-refractivity contribution in [1.29, 1.82) is 0 Å². The molecule has 1 heterocycles. The molecule has 1 aromatic heterocycles. The summed E-state index contributed by atoms with van der Waals surface area (Å²) < 4.78 is 1.17. The van der Waals surface area contributed by atoms with E-state index >= 15 is 0 Å². The summed E-state index contributed by atoms with van der Waals surface area (Å²) in [7, 11) is 0. The van der Waals surface area contributed by atoms with Crippen molar-refractivity contribution < 1.29 is 0 Å². The van der Waals surface area contributed by atoms with Gasteiger partial charge in [-0.15, -0.1) is 0 Å². The van der Waals surface area contributed by atoms with E-state index in [1.54, 1.807) is 18.3 Å². The van der Waals surface area contributed by atoms with E-state index in [1.165, 1.54) is 3.57 Å². The van der Waals surface area contributed by atoms with Crippen LogP contribution in [-0.2, 0) is 0 Å². The molecule has 2 aromatic rings. The van der Waals surface area contributed by atoms with Crippen LogP contribution in [0, 0.1) is 3.57 Å². The van der Waals surface area contributed by atoms with Crippen LogP contribution in [-0.4, -0.2) is 11.2 Å². The highest BCUT2D eigenvalue weighted by Crippen LogP contribution is 2.09. The second-order valence-electron chi connectivity index (χ2n) is 3.27. The van der Waals surface area contributed by atoms with Crippen LogP contribution in [0.1, 0.15) is 5.56 Å². The highest BCUT2D eigenvalue weighted by atomic mass is 127. The van der Waals surface area contributed by atoms with E-state index in [-0.39, 0.29) is 0 Å². The van der Waals surface area contributed by atoms with Gasteiger partial charge in [-0.2, -0.15) is 5.10 Å². The van der Waals surface area contributed by atoms with E-state index in [2.05, 4.69) is 38.1 Å². The van der Waals surface area contributed by atoms with E-state index < -0.39 is 0 Å². The van der Waals surface area contributed by atoms with Gasteiger partial charge in [0.1, 0.15) is 11.0 Å². The van der Waals surface area contributed by atoms with E-state index in [4.69, 9.17) is 11.6 Å². The van der Waals surface area contributed by atoms with E-state index in [9.17, 15) is 0 Å². The van der Waals surface area contributed by atoms with Crippen LogP contribution < -0.4 is 5.43 Å². The molecular formula is C12H9ClIN3. The molecule has 0 bridgehead atoms. The lowest BCUT2D eigenvalue weighted by Crippen LogP contribution is -1.93. The third-order valence-corrected chi connectivity index (χ3v) is 2.84. The summed E-state index contributed by atoms with van der Waals surface area (Å²) in [6.07, 6.45) is 1.74. The lowest BCUT2D eigenvalue weighted by molar-refractivity contribution is 1.23. The molecule has 1 N–H and O–H groups in total. The first-order chi connectivity index (χ1) is 8.24. The monoisotopic (exact) mass is 357 g/mol. The van der Waals surface area contributed by atoms with Crippen LogP contribution >= 0.6 is 34.2 Å². The fraction of sp³-hybridized carbons (Fsp3) is 0. The average molecular weight is 358 g/mol. The molecule has 0 spiro atoms. The van der Waals surface area contributed by atoms with Gasteiger partial charge in [0, 0.05) is 3.57 Å². The van der Waals surface area contributed by atoms with Gasteiger partial charge in [0.05, 0.1) is 6.21 Å². The van der Waals surface area contributed by atoms with E-state index in [0.29, 0.717) is 11.0 Å². The number of benzene rings is 1. The van der Waals surface area contributed by atoms with Gasteiger partial charge < -0.3 is 0 Å².